The van der Waals surface area contributed by atoms with Crippen molar-refractivity contribution in [1.82, 2.24) is 4.90 Å². The van der Waals surface area contributed by atoms with Crippen molar-refractivity contribution >= 4 is 23.5 Å². The van der Waals surface area contributed by atoms with Gasteiger partial charge in [-0.05, 0) is 60.9 Å². The van der Waals surface area contributed by atoms with Gasteiger partial charge in [0.05, 0.1) is 23.2 Å². The summed E-state index contributed by atoms with van der Waals surface area (Å²) in [6.07, 6.45) is -4.77. The van der Waals surface area contributed by atoms with Gasteiger partial charge in [-0.25, -0.2) is 0 Å². The molecule has 0 saturated heterocycles. The number of benzene rings is 3. The quantitative estimate of drug-likeness (QED) is 0.436. The van der Waals surface area contributed by atoms with Crippen molar-refractivity contribution in [3.8, 4) is 11.1 Å². The number of carbonyl (C=O) groups is 3. The maximum absolute atomic E-state index is 13.3. The minimum Gasteiger partial charge on any atom is -0.481 e. The number of anilines is 1. The Morgan fingerprint density at radius 2 is 1.58 bits per heavy atom. The van der Waals surface area contributed by atoms with Crippen LogP contribution in [-0.2, 0) is 17.4 Å². The van der Waals surface area contributed by atoms with Crippen molar-refractivity contribution in [2.24, 2.45) is 0 Å². The first kappa shape index (κ1) is 26.5. The van der Waals surface area contributed by atoms with Crippen LogP contribution in [0.1, 0.15) is 45.7 Å². The lowest BCUT2D eigenvalue weighted by Crippen LogP contribution is -2.33. The summed E-state index contributed by atoms with van der Waals surface area (Å²) < 4.78 is 38.9. The molecule has 0 heterocycles. The van der Waals surface area contributed by atoms with E-state index in [2.05, 4.69) is 5.32 Å². The molecular weight excluding hydrogens is 473 g/mol. The first-order valence-corrected chi connectivity index (χ1v) is 11.1. The van der Waals surface area contributed by atoms with E-state index in [1.807, 2.05) is 13.8 Å². The highest BCUT2D eigenvalue weighted by Gasteiger charge is 2.30. The second kappa shape index (κ2) is 10.6. The molecule has 3 aromatic rings. The van der Waals surface area contributed by atoms with E-state index >= 15 is 0 Å². The van der Waals surface area contributed by atoms with Crippen LogP contribution in [0.15, 0.2) is 66.7 Å². The fraction of sp³-hybridized carbons (Fsp3) is 0.222. The first-order valence-electron chi connectivity index (χ1n) is 11.1. The van der Waals surface area contributed by atoms with Crippen molar-refractivity contribution < 1.29 is 32.7 Å². The molecule has 0 aliphatic heterocycles. The van der Waals surface area contributed by atoms with Crippen LogP contribution in [0.4, 0.5) is 18.9 Å². The van der Waals surface area contributed by atoms with E-state index in [0.29, 0.717) is 16.7 Å². The van der Waals surface area contributed by atoms with E-state index in [9.17, 15) is 27.6 Å². The summed E-state index contributed by atoms with van der Waals surface area (Å²) in [7, 11) is 1.60. The first-order chi connectivity index (χ1) is 16.9. The topological polar surface area (TPSA) is 86.7 Å². The molecule has 3 rings (SSSR count). The van der Waals surface area contributed by atoms with E-state index < -0.39 is 29.5 Å². The number of carboxylic acids is 1. The van der Waals surface area contributed by atoms with Crippen LogP contribution in [0.25, 0.3) is 11.1 Å². The number of carbonyl (C=O) groups excluding carboxylic acids is 2. The van der Waals surface area contributed by atoms with Gasteiger partial charge in [0, 0.05) is 18.7 Å². The Kier molecular flexibility index (Phi) is 7.82. The molecule has 0 fully saturated rings. The van der Waals surface area contributed by atoms with Crippen LogP contribution < -0.4 is 5.32 Å². The molecule has 188 valence electrons. The number of nitrogens with one attached hydrogen (secondary N) is 1. The smallest absolute Gasteiger partial charge is 0.416 e. The number of amides is 2. The van der Waals surface area contributed by atoms with E-state index in [0.717, 1.165) is 12.1 Å². The van der Waals surface area contributed by atoms with E-state index in [1.54, 1.807) is 25.2 Å². The second-order valence-electron chi connectivity index (χ2n) is 8.54. The Morgan fingerprint density at radius 3 is 2.17 bits per heavy atom. The van der Waals surface area contributed by atoms with Gasteiger partial charge in [0.1, 0.15) is 0 Å². The molecule has 2 N–H and O–H groups in total. The van der Waals surface area contributed by atoms with Crippen LogP contribution in [0.3, 0.4) is 0 Å². The Bertz CT molecular complexity index is 1280. The summed E-state index contributed by atoms with van der Waals surface area (Å²) in [5, 5.41) is 11.8. The predicted octanol–water partition coefficient (Wildman–Crippen LogP) is 5.73. The molecule has 0 spiro atoms. The summed E-state index contributed by atoms with van der Waals surface area (Å²) in [5.74, 6) is -2.03. The number of carboxylic acid groups (broad SMARTS) is 1. The molecule has 6 nitrogen and oxygen atoms in total. The second-order valence-corrected chi connectivity index (χ2v) is 8.54. The molecule has 0 aromatic heterocycles. The summed E-state index contributed by atoms with van der Waals surface area (Å²) in [5.41, 5.74) is 0.944. The van der Waals surface area contributed by atoms with Crippen LogP contribution in [0.2, 0.25) is 0 Å². The molecule has 0 saturated carbocycles. The largest absolute Gasteiger partial charge is 0.481 e. The van der Waals surface area contributed by atoms with Gasteiger partial charge < -0.3 is 15.3 Å². The fourth-order valence-corrected chi connectivity index (χ4v) is 3.55. The van der Waals surface area contributed by atoms with Gasteiger partial charge in [-0.3, -0.25) is 14.4 Å². The van der Waals surface area contributed by atoms with Crippen molar-refractivity contribution in [2.75, 3.05) is 12.4 Å². The molecule has 9 heteroatoms. The average molecular weight is 499 g/mol. The summed E-state index contributed by atoms with van der Waals surface area (Å²) in [6, 6.07) is 15.2. The molecule has 0 aliphatic carbocycles. The highest BCUT2D eigenvalue weighted by Crippen LogP contribution is 2.32. The lowest BCUT2D eigenvalue weighted by atomic mass is 9.97. The number of rotatable bonds is 7. The maximum Gasteiger partial charge on any atom is 0.416 e. The van der Waals surface area contributed by atoms with Crippen LogP contribution in [-0.4, -0.2) is 40.9 Å². The Hall–Kier alpha value is -4.14. The standard InChI is InChI=1S/C27H25F3N2O4/c1-16(2)32(3)26(36)22-14-17(15-24(33)34)8-13-23(22)31-25(35)21-7-5-4-6-20(21)18-9-11-19(12-10-18)27(28,29)30/h4-14,16H,15H2,1-3H3,(H,31,35)(H,33,34). The fourth-order valence-electron chi connectivity index (χ4n) is 3.55. The maximum atomic E-state index is 13.3. The number of hydrogen-bond donors (Lipinski definition) is 2. The Labute approximate surface area is 206 Å². The third kappa shape index (κ3) is 6.10. The van der Waals surface area contributed by atoms with Crippen molar-refractivity contribution in [1.29, 1.82) is 0 Å². The van der Waals surface area contributed by atoms with Gasteiger partial charge in [0.15, 0.2) is 0 Å². The van der Waals surface area contributed by atoms with E-state index in [-0.39, 0.29) is 29.3 Å². The third-order valence-corrected chi connectivity index (χ3v) is 5.71. The van der Waals surface area contributed by atoms with E-state index in [4.69, 9.17) is 5.11 Å². The van der Waals surface area contributed by atoms with Gasteiger partial charge in [-0.2, -0.15) is 13.2 Å². The minimum atomic E-state index is -4.48. The normalized spacial score (nSPS) is 11.3. The molecule has 0 atom stereocenters. The van der Waals surface area contributed by atoms with Crippen LogP contribution in [0.5, 0.6) is 0 Å². The van der Waals surface area contributed by atoms with Gasteiger partial charge in [-0.15, -0.1) is 0 Å². The summed E-state index contributed by atoms with van der Waals surface area (Å²) >= 11 is 0. The van der Waals surface area contributed by atoms with E-state index in [1.165, 1.54) is 41.3 Å². The summed E-state index contributed by atoms with van der Waals surface area (Å²) in [4.78, 5) is 39.0. The van der Waals surface area contributed by atoms with Gasteiger partial charge in [0.2, 0.25) is 0 Å². The van der Waals surface area contributed by atoms with Crippen molar-refractivity contribution in [2.45, 2.75) is 32.5 Å². The van der Waals surface area contributed by atoms with Gasteiger partial charge >= 0.3 is 12.1 Å². The van der Waals surface area contributed by atoms with Crippen LogP contribution in [0, 0.1) is 0 Å². The lowest BCUT2D eigenvalue weighted by Gasteiger charge is -2.23. The Morgan fingerprint density at radius 1 is 0.944 bits per heavy atom. The zero-order valence-electron chi connectivity index (χ0n) is 19.9. The average Bonchev–Trinajstić information content (AvgIpc) is 2.83. The molecular formula is C27H25F3N2O4. The zero-order valence-corrected chi connectivity index (χ0v) is 19.9. The summed E-state index contributed by atoms with van der Waals surface area (Å²) in [6.45, 7) is 3.63. The SMILES string of the molecule is CC(C)N(C)C(=O)c1cc(CC(=O)O)ccc1NC(=O)c1ccccc1-c1ccc(C(F)(F)F)cc1. The molecule has 3 aromatic carbocycles. The zero-order chi connectivity index (χ0) is 26.6. The molecule has 0 bridgehead atoms. The minimum absolute atomic E-state index is 0.130. The number of aliphatic carboxylic acids is 1. The number of halogens is 3. The monoisotopic (exact) mass is 498 g/mol. The highest BCUT2D eigenvalue weighted by molar-refractivity contribution is 6.12. The molecule has 0 aliphatic rings. The number of hydrogen-bond acceptors (Lipinski definition) is 3. The number of alkyl halides is 3. The van der Waals surface area contributed by atoms with Gasteiger partial charge in [0.25, 0.3) is 11.8 Å². The molecule has 0 unspecified atom stereocenters. The molecule has 36 heavy (non-hydrogen) atoms. The third-order valence-electron chi connectivity index (χ3n) is 5.71. The molecule has 0 radical (unpaired) electrons. The molecule has 2 amide bonds. The van der Waals surface area contributed by atoms with Crippen LogP contribution >= 0.6 is 0 Å². The lowest BCUT2D eigenvalue weighted by molar-refractivity contribution is -0.138. The highest BCUT2D eigenvalue weighted by atomic mass is 19.4. The van der Waals surface area contributed by atoms with Crippen molar-refractivity contribution in [3.05, 3.63) is 89.0 Å². The van der Waals surface area contributed by atoms with Gasteiger partial charge in [-0.1, -0.05) is 36.4 Å². The van der Waals surface area contributed by atoms with Crippen molar-refractivity contribution in [3.63, 3.8) is 0 Å². The predicted molar refractivity (Wildman–Crippen MR) is 130 cm³/mol. The Balaban J connectivity index is 1.98. The number of nitrogens with zero attached hydrogens (tertiary/aromatic N) is 1.